The molecule has 0 unspecified atom stereocenters. The fourth-order valence-electron chi connectivity index (χ4n) is 4.76. The van der Waals surface area contributed by atoms with Crippen LogP contribution < -0.4 is 5.32 Å². The van der Waals surface area contributed by atoms with Crippen molar-refractivity contribution in [2.75, 3.05) is 13.2 Å². The van der Waals surface area contributed by atoms with E-state index in [0.717, 1.165) is 24.2 Å². The van der Waals surface area contributed by atoms with Gasteiger partial charge in [-0.2, -0.15) is 0 Å². The van der Waals surface area contributed by atoms with Gasteiger partial charge in [0.1, 0.15) is 5.65 Å². The lowest BCUT2D eigenvalue weighted by Crippen LogP contribution is -2.39. The van der Waals surface area contributed by atoms with Gasteiger partial charge < -0.3 is 14.5 Å². The number of imidazole rings is 1. The summed E-state index contributed by atoms with van der Waals surface area (Å²) < 4.78 is 34.6. The van der Waals surface area contributed by atoms with Gasteiger partial charge in [0.2, 0.25) is 5.92 Å². The molecule has 0 bridgehead atoms. The lowest BCUT2D eigenvalue weighted by molar-refractivity contribution is -0.0457. The molecule has 2 fully saturated rings. The van der Waals surface area contributed by atoms with E-state index in [1.54, 1.807) is 12.3 Å². The summed E-state index contributed by atoms with van der Waals surface area (Å²) in [4.78, 5) is 17.8. The second-order valence-corrected chi connectivity index (χ2v) is 10.7. The Hall–Kier alpha value is -1.73. The SMILES string of the molecule is CC(C)(C)c1nc2cc(C(=O)NC3CCOCC3)c(Cl)cn2c1CC1CCC(F)(F)CC1. The Labute approximate surface area is 192 Å². The first-order valence-electron chi connectivity index (χ1n) is 11.5. The molecule has 1 aliphatic heterocycles. The van der Waals surface area contributed by atoms with Crippen LogP contribution in [0.25, 0.3) is 5.65 Å². The van der Waals surface area contributed by atoms with E-state index in [9.17, 15) is 13.6 Å². The van der Waals surface area contributed by atoms with Gasteiger partial charge in [0.25, 0.3) is 5.91 Å². The molecule has 0 aromatic carbocycles. The number of rotatable bonds is 4. The van der Waals surface area contributed by atoms with Crippen molar-refractivity contribution >= 4 is 23.2 Å². The van der Waals surface area contributed by atoms with Gasteiger partial charge in [0.05, 0.1) is 16.3 Å². The molecule has 176 valence electrons. The summed E-state index contributed by atoms with van der Waals surface area (Å²) in [6.45, 7) is 7.56. The third kappa shape index (κ3) is 5.09. The number of fused-ring (bicyclic) bond motifs is 1. The molecule has 2 aromatic heterocycles. The molecule has 1 saturated carbocycles. The lowest BCUT2D eigenvalue weighted by Gasteiger charge is -2.29. The third-order valence-electron chi connectivity index (χ3n) is 6.64. The van der Waals surface area contributed by atoms with E-state index >= 15 is 0 Å². The molecule has 32 heavy (non-hydrogen) atoms. The fourth-order valence-corrected chi connectivity index (χ4v) is 5.00. The number of aromatic nitrogens is 2. The molecule has 1 amide bonds. The number of carbonyl (C=O) groups is 1. The van der Waals surface area contributed by atoms with Crippen molar-refractivity contribution in [2.24, 2.45) is 5.92 Å². The van der Waals surface area contributed by atoms with Crippen LogP contribution in [0.3, 0.4) is 0 Å². The molecule has 0 radical (unpaired) electrons. The van der Waals surface area contributed by atoms with Gasteiger partial charge in [0.15, 0.2) is 0 Å². The van der Waals surface area contributed by atoms with Crippen molar-refractivity contribution in [3.8, 4) is 0 Å². The number of halogens is 3. The third-order valence-corrected chi connectivity index (χ3v) is 6.94. The maximum Gasteiger partial charge on any atom is 0.253 e. The Balaban J connectivity index is 1.64. The first-order chi connectivity index (χ1) is 15.0. The van der Waals surface area contributed by atoms with E-state index in [-0.39, 0.29) is 36.1 Å². The maximum atomic E-state index is 13.6. The van der Waals surface area contributed by atoms with Crippen molar-refractivity contribution in [3.05, 3.63) is 34.2 Å². The Morgan fingerprint density at radius 3 is 2.53 bits per heavy atom. The second-order valence-electron chi connectivity index (χ2n) is 10.3. The molecule has 1 saturated heterocycles. The molecule has 2 aromatic rings. The molecule has 0 spiro atoms. The standard InChI is InChI=1S/C24H32ClF2N3O2/c1-23(2,3)21-19(12-15-4-8-24(26,27)9-5-15)30-14-18(25)17(13-20(30)29-21)22(31)28-16-6-10-32-11-7-16/h13-16H,4-12H2,1-3H3,(H,28,31). The first kappa shape index (κ1) is 23.4. The molecule has 8 heteroatoms. The molecule has 5 nitrogen and oxygen atoms in total. The molecule has 3 heterocycles. The van der Waals surface area contributed by atoms with Crippen LogP contribution in [-0.2, 0) is 16.6 Å². The number of hydrogen-bond acceptors (Lipinski definition) is 3. The van der Waals surface area contributed by atoms with Gasteiger partial charge in [-0.25, -0.2) is 13.8 Å². The molecule has 2 aliphatic rings. The quantitative estimate of drug-likeness (QED) is 0.640. The minimum atomic E-state index is -2.54. The van der Waals surface area contributed by atoms with Crippen molar-refractivity contribution in [1.82, 2.24) is 14.7 Å². The highest BCUT2D eigenvalue weighted by Gasteiger charge is 2.36. The van der Waals surface area contributed by atoms with E-state index in [1.165, 1.54) is 0 Å². The highest BCUT2D eigenvalue weighted by molar-refractivity contribution is 6.33. The summed E-state index contributed by atoms with van der Waals surface area (Å²) in [5, 5.41) is 3.41. The fraction of sp³-hybridized carbons (Fsp3) is 0.667. The van der Waals surface area contributed by atoms with Crippen LogP contribution in [0.5, 0.6) is 0 Å². The van der Waals surface area contributed by atoms with Gasteiger partial charge in [0, 0.05) is 49.4 Å². The first-order valence-corrected chi connectivity index (χ1v) is 11.9. The Morgan fingerprint density at radius 1 is 1.25 bits per heavy atom. The number of nitrogens with one attached hydrogen (secondary N) is 1. The topological polar surface area (TPSA) is 55.6 Å². The highest BCUT2D eigenvalue weighted by Crippen LogP contribution is 2.39. The summed E-state index contributed by atoms with van der Waals surface area (Å²) in [6, 6.07) is 1.82. The van der Waals surface area contributed by atoms with E-state index < -0.39 is 5.92 Å². The Bertz CT molecular complexity index is 983. The Morgan fingerprint density at radius 2 is 1.91 bits per heavy atom. The average Bonchev–Trinajstić information content (AvgIpc) is 3.07. The van der Waals surface area contributed by atoms with E-state index in [1.807, 2.05) is 4.40 Å². The van der Waals surface area contributed by atoms with Crippen LogP contribution in [-0.4, -0.2) is 40.5 Å². The number of amides is 1. The molecule has 1 aliphatic carbocycles. The Kier molecular flexibility index (Phi) is 6.52. The van der Waals surface area contributed by atoms with Crippen LogP contribution in [0.2, 0.25) is 5.02 Å². The van der Waals surface area contributed by atoms with Gasteiger partial charge >= 0.3 is 0 Å². The van der Waals surface area contributed by atoms with Crippen molar-refractivity contribution in [1.29, 1.82) is 0 Å². The summed E-state index contributed by atoms with van der Waals surface area (Å²) in [5.74, 6) is -2.56. The van der Waals surface area contributed by atoms with Crippen molar-refractivity contribution in [2.45, 2.75) is 83.1 Å². The molecular formula is C24H32ClF2N3O2. The predicted molar refractivity (Wildman–Crippen MR) is 121 cm³/mol. The van der Waals surface area contributed by atoms with Gasteiger partial charge in [-0.3, -0.25) is 4.79 Å². The average molecular weight is 468 g/mol. The van der Waals surface area contributed by atoms with E-state index in [4.69, 9.17) is 21.3 Å². The zero-order valence-corrected chi connectivity index (χ0v) is 19.8. The summed E-state index contributed by atoms with van der Waals surface area (Å²) in [6.07, 6.45) is 4.89. The van der Waals surface area contributed by atoms with Gasteiger partial charge in [-0.15, -0.1) is 0 Å². The molecular weight excluding hydrogens is 436 g/mol. The van der Waals surface area contributed by atoms with Crippen LogP contribution in [0.15, 0.2) is 12.3 Å². The number of alkyl halides is 2. The predicted octanol–water partition coefficient (Wildman–Crippen LogP) is 5.56. The van der Waals surface area contributed by atoms with Crippen molar-refractivity contribution in [3.63, 3.8) is 0 Å². The molecule has 1 N–H and O–H groups in total. The van der Waals surface area contributed by atoms with Gasteiger partial charge in [-0.05, 0) is 44.1 Å². The number of pyridine rings is 1. The van der Waals surface area contributed by atoms with Crippen LogP contribution in [0.1, 0.15) is 81.0 Å². The number of carbonyl (C=O) groups excluding carboxylic acids is 1. The lowest BCUT2D eigenvalue weighted by atomic mass is 9.81. The van der Waals surface area contributed by atoms with Crippen molar-refractivity contribution < 1.29 is 18.3 Å². The van der Waals surface area contributed by atoms with E-state index in [2.05, 4.69) is 26.1 Å². The normalized spacial score (nSPS) is 20.6. The van der Waals surface area contributed by atoms with Gasteiger partial charge in [-0.1, -0.05) is 32.4 Å². The van der Waals surface area contributed by atoms with Crippen LogP contribution in [0.4, 0.5) is 8.78 Å². The van der Waals surface area contributed by atoms with Crippen LogP contribution >= 0.6 is 11.6 Å². The smallest absolute Gasteiger partial charge is 0.253 e. The molecule has 4 rings (SSSR count). The minimum Gasteiger partial charge on any atom is -0.381 e. The second kappa shape index (κ2) is 8.90. The number of nitrogens with zero attached hydrogens (tertiary/aromatic N) is 2. The largest absolute Gasteiger partial charge is 0.381 e. The minimum absolute atomic E-state index is 0.0590. The summed E-state index contributed by atoms with van der Waals surface area (Å²) >= 11 is 6.56. The monoisotopic (exact) mass is 467 g/mol. The highest BCUT2D eigenvalue weighted by atomic mass is 35.5. The number of ether oxygens (including phenoxy) is 1. The van der Waals surface area contributed by atoms with Crippen LogP contribution in [0, 0.1) is 5.92 Å². The summed E-state index contributed by atoms with van der Waals surface area (Å²) in [7, 11) is 0. The molecule has 0 atom stereocenters. The zero-order chi connectivity index (χ0) is 23.1. The number of hydrogen-bond donors (Lipinski definition) is 1. The maximum absolute atomic E-state index is 13.6. The van der Waals surface area contributed by atoms with E-state index in [0.29, 0.717) is 48.7 Å². The summed E-state index contributed by atoms with van der Waals surface area (Å²) in [5.41, 5.74) is 2.76. The zero-order valence-electron chi connectivity index (χ0n) is 19.0.